The minimum absolute atomic E-state index is 1.24. The number of hydrogen-bond donors (Lipinski definition) is 0. The Bertz CT molecular complexity index is 4260. The van der Waals surface area contributed by atoms with Gasteiger partial charge in [-0.2, -0.15) is 0 Å². The molecule has 0 aliphatic rings. The van der Waals surface area contributed by atoms with Crippen LogP contribution in [0.1, 0.15) is 0 Å². The third-order valence-electron chi connectivity index (χ3n) is 14.4. The first-order valence-corrected chi connectivity index (χ1v) is 27.0. The molecule has 0 nitrogen and oxygen atoms in total. The zero-order chi connectivity index (χ0) is 45.9. The molecule has 70 heavy (non-hydrogen) atoms. The van der Waals surface area contributed by atoms with Crippen molar-refractivity contribution in [1.82, 2.24) is 0 Å². The van der Waals surface area contributed by atoms with Gasteiger partial charge in [0.15, 0.2) is 0 Å². The van der Waals surface area contributed by atoms with Crippen LogP contribution in [0.25, 0.3) is 147 Å². The summed E-state index contributed by atoms with van der Waals surface area (Å²) in [4.78, 5) is 0. The molecule has 0 aliphatic carbocycles. The van der Waals surface area contributed by atoms with Crippen molar-refractivity contribution in [3.63, 3.8) is 0 Å². The molecule has 0 saturated carbocycles. The molecule has 0 aliphatic heterocycles. The summed E-state index contributed by atoms with van der Waals surface area (Å²) in [5.74, 6) is 0. The van der Waals surface area contributed by atoms with E-state index in [9.17, 15) is 0 Å². The quantitative estimate of drug-likeness (QED) is 0.156. The van der Waals surface area contributed by atoms with Crippen molar-refractivity contribution >= 4 is 126 Å². The lowest BCUT2D eigenvalue weighted by Crippen LogP contribution is -1.82. The van der Waals surface area contributed by atoms with E-state index in [-0.39, 0.29) is 0 Å². The van der Waals surface area contributed by atoms with Gasteiger partial charge >= 0.3 is 0 Å². The van der Waals surface area contributed by atoms with Crippen LogP contribution in [0.5, 0.6) is 0 Å². The zero-order valence-corrected chi connectivity index (χ0v) is 40.8. The molecule has 0 N–H and O–H groups in total. The van der Waals surface area contributed by atoms with Crippen molar-refractivity contribution in [1.29, 1.82) is 0 Å². The molecular formula is C66H38S4. The van der Waals surface area contributed by atoms with Gasteiger partial charge in [0.2, 0.25) is 0 Å². The minimum atomic E-state index is 1.24. The number of fused-ring (bicyclic) bond motifs is 12. The Labute approximate surface area is 420 Å². The van der Waals surface area contributed by atoms with E-state index in [0.29, 0.717) is 0 Å². The third kappa shape index (κ3) is 6.24. The first kappa shape index (κ1) is 40.2. The number of rotatable bonds is 6. The summed E-state index contributed by atoms with van der Waals surface area (Å²) < 4.78 is 10.7. The third-order valence-corrected chi connectivity index (χ3v) is 19.4. The topological polar surface area (TPSA) is 0 Å². The molecule has 0 atom stereocenters. The van der Waals surface area contributed by atoms with Gasteiger partial charge in [0.05, 0.1) is 0 Å². The van der Waals surface area contributed by atoms with E-state index in [0.717, 1.165) is 0 Å². The van der Waals surface area contributed by atoms with Gasteiger partial charge in [-0.1, -0.05) is 218 Å². The van der Waals surface area contributed by atoms with Crippen molar-refractivity contribution in [3.8, 4) is 66.8 Å². The lowest BCUT2D eigenvalue weighted by atomic mass is 9.96. The van der Waals surface area contributed by atoms with E-state index < -0.39 is 0 Å². The molecular weight excluding hydrogens is 921 g/mol. The maximum atomic E-state index is 2.32. The Hall–Kier alpha value is -7.70. The van der Waals surface area contributed by atoms with Gasteiger partial charge in [-0.3, -0.25) is 0 Å². The zero-order valence-electron chi connectivity index (χ0n) is 37.6. The van der Waals surface area contributed by atoms with E-state index in [1.54, 1.807) is 0 Å². The smallest absolute Gasteiger partial charge is 0.0434 e. The predicted molar refractivity (Wildman–Crippen MR) is 311 cm³/mol. The van der Waals surface area contributed by atoms with Crippen LogP contribution < -0.4 is 0 Å². The SMILES string of the molecule is c1ccc2c(c1)sc1c(-c3ccc(-c4cccc5c4sc4c(-c6ccc(-c7cccc8c7sc7c(-c9ccc(-c%10cccc%11c%10sc%10ccccc%10%11)cc9)cccc78)cc6)cccc45)cc3)cccc12. The molecule has 0 amide bonds. The normalized spacial score (nSPS) is 12.0. The fraction of sp³-hybridized carbons (Fsp3) is 0. The lowest BCUT2D eigenvalue weighted by Gasteiger charge is -2.07. The molecule has 0 bridgehead atoms. The fourth-order valence-electron chi connectivity index (χ4n) is 11.0. The van der Waals surface area contributed by atoms with Crippen molar-refractivity contribution in [2.75, 3.05) is 0 Å². The average molecular weight is 959 g/mol. The molecule has 4 heteroatoms. The average Bonchev–Trinajstić information content (AvgIpc) is 4.21. The Morgan fingerprint density at radius 1 is 0.157 bits per heavy atom. The first-order chi connectivity index (χ1) is 34.7. The Morgan fingerprint density at radius 3 is 0.614 bits per heavy atom. The molecule has 0 fully saturated rings. The minimum Gasteiger partial charge on any atom is -0.135 e. The maximum Gasteiger partial charge on any atom is 0.0434 e. The Kier molecular flexibility index (Phi) is 9.15. The van der Waals surface area contributed by atoms with Crippen LogP contribution in [0.2, 0.25) is 0 Å². The molecule has 11 aromatic carbocycles. The number of hydrogen-bond acceptors (Lipinski definition) is 4. The standard InChI is InChI=1S/C66H38S4/c1-3-25-59-51(11-1)53-19-5-13-45(61(53)67-59)39-27-31-41(32-28-39)47-15-7-21-55-57-23-9-17-49(65(57)69-63(47)55)43-35-37-44(38-36-43)50-18-10-24-58-56-22-8-16-48(64(56)70-66(50)58)42-33-29-40(30-34-42)46-14-6-20-54-52-12-2-4-26-60(52)68-62(46)54/h1-38H. The van der Waals surface area contributed by atoms with Gasteiger partial charge in [-0.25, -0.2) is 0 Å². The maximum absolute atomic E-state index is 2.32. The van der Waals surface area contributed by atoms with Crippen molar-refractivity contribution < 1.29 is 0 Å². The van der Waals surface area contributed by atoms with E-state index in [2.05, 4.69) is 231 Å². The van der Waals surface area contributed by atoms with Gasteiger partial charge in [-0.15, -0.1) is 45.3 Å². The van der Waals surface area contributed by atoms with E-state index in [4.69, 9.17) is 0 Å². The van der Waals surface area contributed by atoms with Crippen LogP contribution in [0.3, 0.4) is 0 Å². The molecule has 4 heterocycles. The second-order valence-corrected chi connectivity index (χ2v) is 22.4. The highest BCUT2D eigenvalue weighted by Crippen LogP contribution is 2.48. The summed E-state index contributed by atoms with van der Waals surface area (Å²) in [5, 5.41) is 10.6. The molecule has 15 aromatic rings. The predicted octanol–water partition coefficient (Wildman–Crippen LogP) is 21.2. The summed E-state index contributed by atoms with van der Waals surface area (Å²) in [6, 6.07) is 85.9. The van der Waals surface area contributed by atoms with E-state index in [1.807, 2.05) is 45.3 Å². The van der Waals surface area contributed by atoms with Crippen molar-refractivity contribution in [3.05, 3.63) is 231 Å². The van der Waals surface area contributed by atoms with Gasteiger partial charge in [-0.05, 0) is 78.9 Å². The molecule has 0 unspecified atom stereocenters. The highest BCUT2D eigenvalue weighted by atomic mass is 32.1. The lowest BCUT2D eigenvalue weighted by molar-refractivity contribution is 1.64. The molecule has 4 aromatic heterocycles. The number of benzene rings is 11. The van der Waals surface area contributed by atoms with Gasteiger partial charge in [0.1, 0.15) is 0 Å². The van der Waals surface area contributed by atoms with E-state index >= 15 is 0 Å². The highest BCUT2D eigenvalue weighted by Gasteiger charge is 2.18. The van der Waals surface area contributed by atoms with Crippen molar-refractivity contribution in [2.24, 2.45) is 0 Å². The summed E-state index contributed by atoms with van der Waals surface area (Å²) in [6.07, 6.45) is 0. The van der Waals surface area contributed by atoms with E-state index in [1.165, 1.54) is 147 Å². The monoisotopic (exact) mass is 958 g/mol. The van der Waals surface area contributed by atoms with Crippen LogP contribution in [0.4, 0.5) is 0 Å². The van der Waals surface area contributed by atoms with Gasteiger partial charge < -0.3 is 0 Å². The largest absolute Gasteiger partial charge is 0.135 e. The first-order valence-electron chi connectivity index (χ1n) is 23.7. The number of thiophene rings is 4. The Balaban J connectivity index is 0.753. The summed E-state index contributed by atoms with van der Waals surface area (Å²) in [6.45, 7) is 0. The van der Waals surface area contributed by atoms with Crippen LogP contribution >= 0.6 is 45.3 Å². The molecule has 0 radical (unpaired) electrons. The summed E-state index contributed by atoms with van der Waals surface area (Å²) in [7, 11) is 0. The van der Waals surface area contributed by atoms with Crippen molar-refractivity contribution in [2.45, 2.75) is 0 Å². The Morgan fingerprint density at radius 2 is 0.357 bits per heavy atom. The van der Waals surface area contributed by atoms with Crippen LogP contribution in [-0.4, -0.2) is 0 Å². The molecule has 326 valence electrons. The molecule has 0 spiro atoms. The fourth-order valence-corrected chi connectivity index (χ4v) is 16.2. The second-order valence-electron chi connectivity index (χ2n) is 18.2. The second kappa shape index (κ2) is 15.9. The highest BCUT2D eigenvalue weighted by molar-refractivity contribution is 7.28. The molecule has 0 saturated heterocycles. The van der Waals surface area contributed by atoms with Crippen LogP contribution in [0, 0.1) is 0 Å². The summed E-state index contributed by atoms with van der Waals surface area (Å²) >= 11 is 7.62. The van der Waals surface area contributed by atoms with Crippen LogP contribution in [0.15, 0.2) is 231 Å². The van der Waals surface area contributed by atoms with Crippen LogP contribution in [-0.2, 0) is 0 Å². The molecule has 15 rings (SSSR count). The van der Waals surface area contributed by atoms with Gasteiger partial charge in [0.25, 0.3) is 0 Å². The summed E-state index contributed by atoms with van der Waals surface area (Å²) in [5.41, 5.74) is 15.2. The van der Waals surface area contributed by atoms with Gasteiger partial charge in [0, 0.05) is 80.7 Å².